The number of hydrazone groups is 1. The fourth-order valence-electron chi connectivity index (χ4n) is 3.04. The zero-order valence-corrected chi connectivity index (χ0v) is 20.8. The van der Waals surface area contributed by atoms with Crippen LogP contribution in [0, 0.1) is 0 Å². The molecule has 1 aromatic heterocycles. The third-order valence-corrected chi connectivity index (χ3v) is 6.60. The second kappa shape index (κ2) is 10.8. The van der Waals surface area contributed by atoms with Crippen molar-refractivity contribution >= 4 is 35.6 Å². The van der Waals surface area contributed by atoms with Crippen LogP contribution in [0.5, 0.6) is 0 Å². The molecular formula is C24H29N5OS2. The molecule has 0 bridgehead atoms. The molecule has 0 saturated carbocycles. The molecule has 1 N–H and O–H groups in total. The molecule has 168 valence electrons. The number of amides is 1. The molecule has 0 spiro atoms. The van der Waals surface area contributed by atoms with Crippen molar-refractivity contribution in [3.8, 4) is 11.4 Å². The van der Waals surface area contributed by atoms with Crippen LogP contribution in [0.4, 0.5) is 0 Å². The topological polar surface area (TPSA) is 72.2 Å². The fraction of sp³-hybridized carbons (Fsp3) is 0.333. The van der Waals surface area contributed by atoms with Crippen LogP contribution in [0.15, 0.2) is 63.7 Å². The number of thioether (sulfide) groups is 2. The Balaban J connectivity index is 1.60. The molecule has 3 aromatic rings. The number of carbonyl (C=O) groups excluding carboxylic acids is 1. The molecule has 0 aliphatic carbocycles. The summed E-state index contributed by atoms with van der Waals surface area (Å²) in [7, 11) is 0. The Bertz CT molecular complexity index is 1070. The van der Waals surface area contributed by atoms with Gasteiger partial charge in [-0.1, -0.05) is 68.9 Å². The summed E-state index contributed by atoms with van der Waals surface area (Å²) in [5.74, 6) is 0.834. The number of nitrogens with zero attached hydrogens (tertiary/aromatic N) is 4. The average Bonchev–Trinajstić information content (AvgIpc) is 3.20. The maximum atomic E-state index is 12.2. The Morgan fingerprint density at radius 2 is 1.78 bits per heavy atom. The Labute approximate surface area is 198 Å². The summed E-state index contributed by atoms with van der Waals surface area (Å²) in [6.45, 7) is 9.36. The summed E-state index contributed by atoms with van der Waals surface area (Å²) in [5.41, 5.74) is 5.90. The first kappa shape index (κ1) is 24.1. The molecule has 3 rings (SSSR count). The van der Waals surface area contributed by atoms with E-state index in [9.17, 15) is 4.79 Å². The van der Waals surface area contributed by atoms with Crippen LogP contribution in [0.25, 0.3) is 11.4 Å². The van der Waals surface area contributed by atoms with E-state index in [2.05, 4.69) is 65.8 Å². The van der Waals surface area contributed by atoms with Gasteiger partial charge in [0.05, 0.1) is 12.0 Å². The lowest BCUT2D eigenvalue weighted by molar-refractivity contribution is -0.118. The zero-order valence-electron chi connectivity index (χ0n) is 19.1. The lowest BCUT2D eigenvalue weighted by Gasteiger charge is -2.19. The Morgan fingerprint density at radius 3 is 2.38 bits per heavy atom. The Kier molecular flexibility index (Phi) is 8.15. The van der Waals surface area contributed by atoms with Crippen molar-refractivity contribution in [2.75, 3.05) is 12.0 Å². The molecular weight excluding hydrogens is 438 g/mol. The standard InChI is InChI=1S/C24H29N5OS2/c1-6-29-22(18-9-11-19(12-10-18)24(2,3)4)27-28-23(29)32-16-21(30)26-25-15-17-7-13-20(31-5)14-8-17/h7-15H,6,16H2,1-5H3,(H,26,30)/b25-15-. The highest BCUT2D eigenvalue weighted by atomic mass is 32.2. The molecule has 2 aromatic carbocycles. The summed E-state index contributed by atoms with van der Waals surface area (Å²) in [5, 5.41) is 13.4. The van der Waals surface area contributed by atoms with Gasteiger partial charge in [0, 0.05) is 17.0 Å². The predicted octanol–water partition coefficient (Wildman–Crippen LogP) is 5.23. The molecule has 6 nitrogen and oxygen atoms in total. The van der Waals surface area contributed by atoms with Gasteiger partial charge in [-0.15, -0.1) is 22.0 Å². The van der Waals surface area contributed by atoms with Gasteiger partial charge in [0.25, 0.3) is 5.91 Å². The molecule has 8 heteroatoms. The van der Waals surface area contributed by atoms with Gasteiger partial charge in [-0.25, -0.2) is 5.43 Å². The highest BCUT2D eigenvalue weighted by molar-refractivity contribution is 7.99. The largest absolute Gasteiger partial charge is 0.302 e. The van der Waals surface area contributed by atoms with E-state index in [0.29, 0.717) is 5.16 Å². The van der Waals surface area contributed by atoms with E-state index in [-0.39, 0.29) is 17.1 Å². The number of hydrogen-bond acceptors (Lipinski definition) is 6. The fourth-order valence-corrected chi connectivity index (χ4v) is 4.25. The van der Waals surface area contributed by atoms with Gasteiger partial charge in [0.2, 0.25) is 0 Å². The smallest absolute Gasteiger partial charge is 0.250 e. The number of benzene rings is 2. The average molecular weight is 468 g/mol. The zero-order chi connectivity index (χ0) is 23.1. The van der Waals surface area contributed by atoms with Gasteiger partial charge in [-0.3, -0.25) is 4.79 Å². The normalized spacial score (nSPS) is 11.8. The van der Waals surface area contributed by atoms with Gasteiger partial charge >= 0.3 is 0 Å². The monoisotopic (exact) mass is 467 g/mol. The summed E-state index contributed by atoms with van der Waals surface area (Å²) >= 11 is 3.04. The van der Waals surface area contributed by atoms with Crippen molar-refractivity contribution in [2.24, 2.45) is 5.10 Å². The molecule has 0 unspecified atom stereocenters. The number of hydrogen-bond donors (Lipinski definition) is 1. The van der Waals surface area contributed by atoms with Crippen molar-refractivity contribution in [1.82, 2.24) is 20.2 Å². The molecule has 1 heterocycles. The Hall–Kier alpha value is -2.58. The third-order valence-electron chi connectivity index (χ3n) is 4.89. The first-order valence-electron chi connectivity index (χ1n) is 10.4. The molecule has 0 aliphatic rings. The highest BCUT2D eigenvalue weighted by Gasteiger charge is 2.17. The van der Waals surface area contributed by atoms with Crippen molar-refractivity contribution in [1.29, 1.82) is 0 Å². The van der Waals surface area contributed by atoms with Gasteiger partial charge in [0.15, 0.2) is 11.0 Å². The quantitative estimate of drug-likeness (QED) is 0.279. The molecule has 1 amide bonds. The summed E-state index contributed by atoms with van der Waals surface area (Å²) in [6.07, 6.45) is 3.67. The second-order valence-electron chi connectivity index (χ2n) is 8.23. The number of carbonyl (C=O) groups is 1. The maximum Gasteiger partial charge on any atom is 0.250 e. The minimum absolute atomic E-state index is 0.103. The molecule has 0 atom stereocenters. The van der Waals surface area contributed by atoms with Gasteiger partial charge in [0.1, 0.15) is 0 Å². The molecule has 0 aliphatic heterocycles. The minimum Gasteiger partial charge on any atom is -0.302 e. The number of nitrogens with one attached hydrogen (secondary N) is 1. The van der Waals surface area contributed by atoms with Gasteiger partial charge < -0.3 is 4.57 Å². The first-order valence-corrected chi connectivity index (χ1v) is 12.7. The van der Waals surface area contributed by atoms with Crippen molar-refractivity contribution < 1.29 is 4.79 Å². The van der Waals surface area contributed by atoms with Crippen molar-refractivity contribution in [3.63, 3.8) is 0 Å². The predicted molar refractivity (Wildman–Crippen MR) is 135 cm³/mol. The van der Waals surface area contributed by atoms with E-state index in [1.807, 2.05) is 42.0 Å². The minimum atomic E-state index is -0.186. The van der Waals surface area contributed by atoms with Crippen LogP contribution >= 0.6 is 23.5 Å². The van der Waals surface area contributed by atoms with Crippen LogP contribution in [-0.2, 0) is 16.8 Å². The van der Waals surface area contributed by atoms with E-state index in [1.165, 1.54) is 22.2 Å². The second-order valence-corrected chi connectivity index (χ2v) is 10.1. The number of rotatable bonds is 8. The SMILES string of the molecule is CCn1c(SCC(=O)N/N=C\c2ccc(SC)cc2)nnc1-c1ccc(C(C)(C)C)cc1. The first-order chi connectivity index (χ1) is 15.3. The Morgan fingerprint density at radius 1 is 1.09 bits per heavy atom. The molecule has 32 heavy (non-hydrogen) atoms. The van der Waals surface area contributed by atoms with Crippen molar-refractivity contribution in [3.05, 3.63) is 59.7 Å². The van der Waals surface area contributed by atoms with Crippen LogP contribution < -0.4 is 5.43 Å². The van der Waals surface area contributed by atoms with Crippen molar-refractivity contribution in [2.45, 2.75) is 49.7 Å². The third kappa shape index (κ3) is 6.23. The molecule has 0 saturated heterocycles. The van der Waals surface area contributed by atoms with Crippen LogP contribution in [0.1, 0.15) is 38.8 Å². The van der Waals surface area contributed by atoms with Gasteiger partial charge in [-0.2, -0.15) is 5.10 Å². The van der Waals surface area contributed by atoms with Gasteiger partial charge in [-0.05, 0) is 41.9 Å². The lowest BCUT2D eigenvalue weighted by atomic mass is 9.87. The summed E-state index contributed by atoms with van der Waals surface area (Å²) in [4.78, 5) is 13.4. The van der Waals surface area contributed by atoms with E-state index >= 15 is 0 Å². The summed E-state index contributed by atoms with van der Waals surface area (Å²) in [6, 6.07) is 16.4. The summed E-state index contributed by atoms with van der Waals surface area (Å²) < 4.78 is 2.03. The van der Waals surface area contributed by atoms with E-state index in [4.69, 9.17) is 0 Å². The van der Waals surface area contributed by atoms with E-state index in [0.717, 1.165) is 23.5 Å². The maximum absolute atomic E-state index is 12.2. The van der Waals surface area contributed by atoms with Crippen LogP contribution in [0.3, 0.4) is 0 Å². The lowest BCUT2D eigenvalue weighted by Crippen LogP contribution is -2.20. The van der Waals surface area contributed by atoms with E-state index < -0.39 is 0 Å². The molecule has 0 fully saturated rings. The molecule has 0 radical (unpaired) electrons. The van der Waals surface area contributed by atoms with Crippen LogP contribution in [0.2, 0.25) is 0 Å². The van der Waals surface area contributed by atoms with E-state index in [1.54, 1.807) is 18.0 Å². The van der Waals surface area contributed by atoms with Crippen LogP contribution in [-0.4, -0.2) is 38.9 Å². The highest BCUT2D eigenvalue weighted by Crippen LogP contribution is 2.27. The number of aromatic nitrogens is 3.